The van der Waals surface area contributed by atoms with Gasteiger partial charge in [-0.1, -0.05) is 18.2 Å². The molecule has 2 aromatic rings. The number of rotatable bonds is 3. The SMILES string of the molecule is CN1CCN(C)C(CNc2ccc3ccccc3n2)C1. The normalized spacial score (nSPS) is 21.2. The zero-order valence-corrected chi connectivity index (χ0v) is 12.2. The molecule has 0 aliphatic carbocycles. The fourth-order valence-electron chi connectivity index (χ4n) is 2.71. The Labute approximate surface area is 120 Å². The molecule has 0 saturated carbocycles. The molecule has 1 atom stereocenters. The average Bonchev–Trinajstić information content (AvgIpc) is 2.48. The molecule has 106 valence electrons. The van der Waals surface area contributed by atoms with Gasteiger partial charge in [0.1, 0.15) is 5.82 Å². The molecule has 0 spiro atoms. The largest absolute Gasteiger partial charge is 0.368 e. The number of likely N-dealkylation sites (N-methyl/N-ethyl adjacent to an activating group) is 2. The molecule has 1 N–H and O–H groups in total. The molecule has 1 aromatic heterocycles. The van der Waals surface area contributed by atoms with E-state index in [1.807, 2.05) is 12.1 Å². The summed E-state index contributed by atoms with van der Waals surface area (Å²) in [6.45, 7) is 4.33. The van der Waals surface area contributed by atoms with Crippen LogP contribution in [0.4, 0.5) is 5.82 Å². The first-order valence-corrected chi connectivity index (χ1v) is 7.21. The Balaban J connectivity index is 1.67. The number of anilines is 1. The summed E-state index contributed by atoms with van der Waals surface area (Å²) in [5.41, 5.74) is 1.05. The zero-order valence-electron chi connectivity index (χ0n) is 12.2. The predicted octanol–water partition coefficient (Wildman–Crippen LogP) is 1.89. The van der Waals surface area contributed by atoms with Gasteiger partial charge in [0.15, 0.2) is 0 Å². The maximum Gasteiger partial charge on any atom is 0.126 e. The van der Waals surface area contributed by atoms with Crippen LogP contribution in [-0.4, -0.2) is 61.1 Å². The van der Waals surface area contributed by atoms with E-state index in [-0.39, 0.29) is 0 Å². The van der Waals surface area contributed by atoms with Crippen LogP contribution in [0.1, 0.15) is 0 Å². The van der Waals surface area contributed by atoms with E-state index in [9.17, 15) is 0 Å². The van der Waals surface area contributed by atoms with Crippen molar-refractivity contribution in [2.45, 2.75) is 6.04 Å². The minimum Gasteiger partial charge on any atom is -0.368 e. The topological polar surface area (TPSA) is 31.4 Å². The van der Waals surface area contributed by atoms with Crippen LogP contribution in [0.5, 0.6) is 0 Å². The fraction of sp³-hybridized carbons (Fsp3) is 0.438. The van der Waals surface area contributed by atoms with Crippen LogP contribution in [0.3, 0.4) is 0 Å². The number of piperazine rings is 1. The smallest absolute Gasteiger partial charge is 0.126 e. The molecule has 4 nitrogen and oxygen atoms in total. The molecule has 3 rings (SSSR count). The van der Waals surface area contributed by atoms with Crippen LogP contribution in [0, 0.1) is 0 Å². The maximum atomic E-state index is 4.66. The van der Waals surface area contributed by atoms with E-state index in [2.05, 4.69) is 58.5 Å². The first-order chi connectivity index (χ1) is 9.72. The van der Waals surface area contributed by atoms with E-state index in [1.54, 1.807) is 0 Å². The van der Waals surface area contributed by atoms with Crippen molar-refractivity contribution in [2.75, 3.05) is 45.6 Å². The molecule has 0 amide bonds. The van der Waals surface area contributed by atoms with E-state index in [4.69, 9.17) is 0 Å². The standard InChI is InChI=1S/C16H22N4/c1-19-9-10-20(2)14(12-19)11-17-16-8-7-13-5-3-4-6-15(13)18-16/h3-8,14H,9-12H2,1-2H3,(H,17,18). The van der Waals surface area contributed by atoms with Crippen molar-refractivity contribution < 1.29 is 0 Å². The van der Waals surface area contributed by atoms with Crippen molar-refractivity contribution in [1.82, 2.24) is 14.8 Å². The van der Waals surface area contributed by atoms with Gasteiger partial charge in [-0.2, -0.15) is 0 Å². The maximum absolute atomic E-state index is 4.66. The summed E-state index contributed by atoms with van der Waals surface area (Å²) < 4.78 is 0. The summed E-state index contributed by atoms with van der Waals surface area (Å²) in [7, 11) is 4.39. The van der Waals surface area contributed by atoms with Crippen LogP contribution >= 0.6 is 0 Å². The fourth-order valence-corrected chi connectivity index (χ4v) is 2.71. The van der Waals surface area contributed by atoms with E-state index < -0.39 is 0 Å². The predicted molar refractivity (Wildman–Crippen MR) is 84.1 cm³/mol. The highest BCUT2D eigenvalue weighted by atomic mass is 15.3. The molecule has 0 bridgehead atoms. The summed E-state index contributed by atoms with van der Waals surface area (Å²) in [6, 6.07) is 13.0. The van der Waals surface area contributed by atoms with Crippen LogP contribution in [-0.2, 0) is 0 Å². The average molecular weight is 270 g/mol. The first-order valence-electron chi connectivity index (χ1n) is 7.21. The number of nitrogens with one attached hydrogen (secondary N) is 1. The molecule has 1 unspecified atom stereocenters. The van der Waals surface area contributed by atoms with E-state index >= 15 is 0 Å². The van der Waals surface area contributed by atoms with Crippen LogP contribution < -0.4 is 5.32 Å². The van der Waals surface area contributed by atoms with Gasteiger partial charge in [-0.15, -0.1) is 0 Å². The van der Waals surface area contributed by atoms with Crippen molar-refractivity contribution in [3.05, 3.63) is 36.4 Å². The summed E-state index contributed by atoms with van der Waals surface area (Å²) >= 11 is 0. The quantitative estimate of drug-likeness (QED) is 0.923. The first kappa shape index (κ1) is 13.3. The Kier molecular flexibility index (Phi) is 3.85. The van der Waals surface area contributed by atoms with Crippen molar-refractivity contribution in [3.63, 3.8) is 0 Å². The Bertz CT molecular complexity index is 583. The lowest BCUT2D eigenvalue weighted by Gasteiger charge is -2.37. The van der Waals surface area contributed by atoms with Crippen molar-refractivity contribution in [1.29, 1.82) is 0 Å². The molecule has 20 heavy (non-hydrogen) atoms. The number of pyridine rings is 1. The molecule has 1 aliphatic heterocycles. The lowest BCUT2D eigenvalue weighted by Crippen LogP contribution is -2.52. The van der Waals surface area contributed by atoms with Crippen molar-refractivity contribution in [2.24, 2.45) is 0 Å². The molecule has 1 fully saturated rings. The van der Waals surface area contributed by atoms with Gasteiger partial charge in [0, 0.05) is 37.6 Å². The third-order valence-corrected chi connectivity index (χ3v) is 4.10. The highest BCUT2D eigenvalue weighted by molar-refractivity contribution is 5.80. The molecule has 4 heteroatoms. The summed E-state index contributed by atoms with van der Waals surface area (Å²) in [5, 5.41) is 4.67. The summed E-state index contributed by atoms with van der Waals surface area (Å²) in [5.74, 6) is 0.963. The van der Waals surface area contributed by atoms with Gasteiger partial charge in [0.25, 0.3) is 0 Å². The van der Waals surface area contributed by atoms with Crippen LogP contribution in [0.2, 0.25) is 0 Å². The molecular formula is C16H22N4. The van der Waals surface area contributed by atoms with Gasteiger partial charge >= 0.3 is 0 Å². The number of fused-ring (bicyclic) bond motifs is 1. The van der Waals surface area contributed by atoms with Crippen molar-refractivity contribution in [3.8, 4) is 0 Å². The number of hydrogen-bond acceptors (Lipinski definition) is 4. The Morgan fingerprint density at radius 3 is 2.90 bits per heavy atom. The van der Waals surface area contributed by atoms with Crippen LogP contribution in [0.15, 0.2) is 36.4 Å². The molecule has 1 aromatic carbocycles. The lowest BCUT2D eigenvalue weighted by atomic mass is 10.2. The van der Waals surface area contributed by atoms with Crippen LogP contribution in [0.25, 0.3) is 10.9 Å². The molecule has 1 aliphatic rings. The number of aromatic nitrogens is 1. The number of nitrogens with zero attached hydrogens (tertiary/aromatic N) is 3. The number of benzene rings is 1. The Morgan fingerprint density at radius 1 is 1.15 bits per heavy atom. The third kappa shape index (κ3) is 2.92. The lowest BCUT2D eigenvalue weighted by molar-refractivity contribution is 0.122. The van der Waals surface area contributed by atoms with Crippen molar-refractivity contribution >= 4 is 16.7 Å². The summed E-state index contributed by atoms with van der Waals surface area (Å²) in [4.78, 5) is 9.47. The highest BCUT2D eigenvalue weighted by Gasteiger charge is 2.21. The second-order valence-corrected chi connectivity index (χ2v) is 5.67. The Morgan fingerprint density at radius 2 is 2.00 bits per heavy atom. The molecule has 2 heterocycles. The van der Waals surface area contributed by atoms with Gasteiger partial charge in [0.05, 0.1) is 5.52 Å². The monoisotopic (exact) mass is 270 g/mol. The molecule has 1 saturated heterocycles. The van der Waals surface area contributed by atoms with Gasteiger partial charge < -0.3 is 10.2 Å². The minimum absolute atomic E-state index is 0.544. The van der Waals surface area contributed by atoms with Gasteiger partial charge in [-0.3, -0.25) is 4.90 Å². The zero-order chi connectivity index (χ0) is 13.9. The minimum atomic E-state index is 0.544. The van der Waals surface area contributed by atoms with Gasteiger partial charge in [-0.05, 0) is 32.3 Å². The van der Waals surface area contributed by atoms with Gasteiger partial charge in [0.2, 0.25) is 0 Å². The van der Waals surface area contributed by atoms with Gasteiger partial charge in [-0.25, -0.2) is 4.98 Å². The second kappa shape index (κ2) is 5.77. The van der Waals surface area contributed by atoms with E-state index in [0.29, 0.717) is 6.04 Å². The van der Waals surface area contributed by atoms with E-state index in [0.717, 1.165) is 37.5 Å². The molecule has 0 radical (unpaired) electrons. The summed E-state index contributed by atoms with van der Waals surface area (Å²) in [6.07, 6.45) is 0. The molecular weight excluding hydrogens is 248 g/mol. The highest BCUT2D eigenvalue weighted by Crippen LogP contribution is 2.15. The second-order valence-electron chi connectivity index (χ2n) is 5.67. The van der Waals surface area contributed by atoms with E-state index in [1.165, 1.54) is 5.39 Å². The number of hydrogen-bond donors (Lipinski definition) is 1. The Hall–Kier alpha value is -1.65. The third-order valence-electron chi connectivity index (χ3n) is 4.10. The number of para-hydroxylation sites is 1.